The van der Waals surface area contributed by atoms with Crippen molar-refractivity contribution >= 4 is 0 Å². The molecule has 0 spiro atoms. The number of rotatable bonds is 5. The molecule has 0 radical (unpaired) electrons. The van der Waals surface area contributed by atoms with Crippen molar-refractivity contribution in [2.45, 2.75) is 27.3 Å². The van der Waals surface area contributed by atoms with Crippen molar-refractivity contribution in [2.24, 2.45) is 5.92 Å². The van der Waals surface area contributed by atoms with Gasteiger partial charge in [0, 0.05) is 13.1 Å². The van der Waals surface area contributed by atoms with E-state index in [-0.39, 0.29) is 5.82 Å². The second-order valence-electron chi connectivity index (χ2n) is 4.35. The molecule has 1 aromatic rings. The predicted octanol–water partition coefficient (Wildman–Crippen LogP) is 3.30. The molecule has 0 heterocycles. The molecule has 0 fully saturated rings. The van der Waals surface area contributed by atoms with E-state index in [1.807, 2.05) is 6.07 Å². The van der Waals surface area contributed by atoms with Crippen LogP contribution in [0.2, 0.25) is 0 Å². The van der Waals surface area contributed by atoms with Crippen LogP contribution in [0.25, 0.3) is 0 Å². The van der Waals surface area contributed by atoms with Gasteiger partial charge in [0.1, 0.15) is 5.82 Å². The van der Waals surface area contributed by atoms with Crippen LogP contribution < -0.4 is 0 Å². The summed E-state index contributed by atoms with van der Waals surface area (Å²) in [5.41, 5.74) is 1.05. The summed E-state index contributed by atoms with van der Waals surface area (Å²) in [7, 11) is 0. The lowest BCUT2D eigenvalue weighted by molar-refractivity contribution is 0.248. The predicted molar refractivity (Wildman–Crippen MR) is 62.2 cm³/mol. The Kier molecular flexibility index (Phi) is 4.76. The summed E-state index contributed by atoms with van der Waals surface area (Å²) < 4.78 is 13.0. The van der Waals surface area contributed by atoms with Crippen LogP contribution in [0.4, 0.5) is 4.39 Å². The minimum Gasteiger partial charge on any atom is -0.299 e. The smallest absolute Gasteiger partial charge is 0.123 e. The van der Waals surface area contributed by atoms with Crippen LogP contribution in [-0.2, 0) is 6.54 Å². The minimum absolute atomic E-state index is 0.145. The summed E-state index contributed by atoms with van der Waals surface area (Å²) in [6, 6.07) is 6.85. The Morgan fingerprint density at radius 3 is 2.60 bits per heavy atom. The summed E-state index contributed by atoms with van der Waals surface area (Å²) in [5, 5.41) is 0. The summed E-state index contributed by atoms with van der Waals surface area (Å²) in [6.07, 6.45) is 0. The maximum atomic E-state index is 13.0. The van der Waals surface area contributed by atoms with Crippen LogP contribution in [-0.4, -0.2) is 18.0 Å². The van der Waals surface area contributed by atoms with E-state index in [9.17, 15) is 4.39 Å². The van der Waals surface area contributed by atoms with Gasteiger partial charge < -0.3 is 0 Å². The lowest BCUT2D eigenvalue weighted by atomic mass is 10.1. The van der Waals surface area contributed by atoms with Crippen molar-refractivity contribution < 1.29 is 4.39 Å². The highest BCUT2D eigenvalue weighted by Crippen LogP contribution is 2.08. The van der Waals surface area contributed by atoms with Crippen molar-refractivity contribution in [1.82, 2.24) is 4.90 Å². The van der Waals surface area contributed by atoms with E-state index >= 15 is 0 Å². The molecule has 0 aliphatic rings. The van der Waals surface area contributed by atoms with E-state index < -0.39 is 0 Å². The Labute approximate surface area is 91.9 Å². The molecule has 0 aliphatic heterocycles. The van der Waals surface area contributed by atoms with Gasteiger partial charge in [-0.1, -0.05) is 32.9 Å². The molecular formula is C13H20FN. The summed E-state index contributed by atoms with van der Waals surface area (Å²) >= 11 is 0. The van der Waals surface area contributed by atoms with Gasteiger partial charge in [-0.15, -0.1) is 0 Å². The Morgan fingerprint density at radius 2 is 2.07 bits per heavy atom. The topological polar surface area (TPSA) is 3.24 Å². The van der Waals surface area contributed by atoms with Crippen LogP contribution >= 0.6 is 0 Å². The zero-order valence-corrected chi connectivity index (χ0v) is 9.83. The fourth-order valence-electron chi connectivity index (χ4n) is 1.72. The first-order valence-corrected chi connectivity index (χ1v) is 5.58. The van der Waals surface area contributed by atoms with Gasteiger partial charge in [-0.2, -0.15) is 0 Å². The largest absolute Gasteiger partial charge is 0.299 e. The van der Waals surface area contributed by atoms with Crippen LogP contribution in [0, 0.1) is 11.7 Å². The number of hydrogen-bond acceptors (Lipinski definition) is 1. The fourth-order valence-corrected chi connectivity index (χ4v) is 1.72. The third-order valence-electron chi connectivity index (χ3n) is 2.37. The standard InChI is InChI=1S/C13H20FN/c1-4-15(9-11(2)3)10-12-6-5-7-13(14)8-12/h5-8,11H,4,9-10H2,1-3H3. The van der Waals surface area contributed by atoms with Crippen molar-refractivity contribution in [3.05, 3.63) is 35.6 Å². The maximum absolute atomic E-state index is 13.0. The zero-order valence-electron chi connectivity index (χ0n) is 9.83. The number of hydrogen-bond donors (Lipinski definition) is 0. The van der Waals surface area contributed by atoms with Crippen molar-refractivity contribution in [1.29, 1.82) is 0 Å². The average molecular weight is 209 g/mol. The highest BCUT2D eigenvalue weighted by molar-refractivity contribution is 5.16. The van der Waals surface area contributed by atoms with E-state index in [0.29, 0.717) is 5.92 Å². The molecule has 15 heavy (non-hydrogen) atoms. The zero-order chi connectivity index (χ0) is 11.3. The van der Waals surface area contributed by atoms with E-state index in [0.717, 1.165) is 25.2 Å². The Balaban J connectivity index is 2.58. The normalized spacial score (nSPS) is 11.3. The summed E-state index contributed by atoms with van der Waals surface area (Å²) in [6.45, 7) is 9.46. The van der Waals surface area contributed by atoms with E-state index in [4.69, 9.17) is 0 Å². The van der Waals surface area contributed by atoms with E-state index in [1.54, 1.807) is 12.1 Å². The molecule has 1 aromatic carbocycles. The van der Waals surface area contributed by atoms with E-state index in [2.05, 4.69) is 25.7 Å². The molecule has 1 nitrogen and oxygen atoms in total. The molecule has 0 amide bonds. The van der Waals surface area contributed by atoms with Crippen molar-refractivity contribution in [2.75, 3.05) is 13.1 Å². The molecule has 2 heteroatoms. The third-order valence-corrected chi connectivity index (χ3v) is 2.37. The van der Waals surface area contributed by atoms with Gasteiger partial charge in [0.2, 0.25) is 0 Å². The molecular weight excluding hydrogens is 189 g/mol. The maximum Gasteiger partial charge on any atom is 0.123 e. The van der Waals surface area contributed by atoms with Gasteiger partial charge in [0.25, 0.3) is 0 Å². The molecule has 84 valence electrons. The van der Waals surface area contributed by atoms with Gasteiger partial charge in [0.05, 0.1) is 0 Å². The summed E-state index contributed by atoms with van der Waals surface area (Å²) in [5.74, 6) is 0.506. The average Bonchev–Trinajstić information content (AvgIpc) is 2.16. The number of nitrogens with zero attached hydrogens (tertiary/aromatic N) is 1. The molecule has 0 N–H and O–H groups in total. The molecule has 0 saturated heterocycles. The Hall–Kier alpha value is -0.890. The Morgan fingerprint density at radius 1 is 1.33 bits per heavy atom. The van der Waals surface area contributed by atoms with Gasteiger partial charge >= 0.3 is 0 Å². The molecule has 0 aromatic heterocycles. The first-order chi connectivity index (χ1) is 7.11. The van der Waals surface area contributed by atoms with Crippen LogP contribution in [0.15, 0.2) is 24.3 Å². The quantitative estimate of drug-likeness (QED) is 0.719. The van der Waals surface area contributed by atoms with Crippen molar-refractivity contribution in [3.63, 3.8) is 0 Å². The fraction of sp³-hybridized carbons (Fsp3) is 0.538. The van der Waals surface area contributed by atoms with Gasteiger partial charge in [0.15, 0.2) is 0 Å². The second-order valence-corrected chi connectivity index (χ2v) is 4.35. The third kappa shape index (κ3) is 4.43. The lowest BCUT2D eigenvalue weighted by Gasteiger charge is -2.22. The van der Waals surface area contributed by atoms with Gasteiger partial charge in [-0.05, 0) is 30.2 Å². The van der Waals surface area contributed by atoms with E-state index in [1.165, 1.54) is 6.07 Å². The monoisotopic (exact) mass is 209 g/mol. The highest BCUT2D eigenvalue weighted by Gasteiger charge is 2.06. The molecule has 0 saturated carbocycles. The molecule has 0 aliphatic carbocycles. The van der Waals surface area contributed by atoms with Crippen LogP contribution in [0.1, 0.15) is 26.3 Å². The molecule has 0 unspecified atom stereocenters. The number of benzene rings is 1. The first kappa shape index (κ1) is 12.2. The summed E-state index contributed by atoms with van der Waals surface area (Å²) in [4.78, 5) is 2.33. The molecule has 0 bridgehead atoms. The lowest BCUT2D eigenvalue weighted by Crippen LogP contribution is -2.27. The second kappa shape index (κ2) is 5.86. The first-order valence-electron chi connectivity index (χ1n) is 5.58. The van der Waals surface area contributed by atoms with Crippen molar-refractivity contribution in [3.8, 4) is 0 Å². The minimum atomic E-state index is -0.145. The highest BCUT2D eigenvalue weighted by atomic mass is 19.1. The Bertz CT molecular complexity index is 296. The molecule has 1 rings (SSSR count). The van der Waals surface area contributed by atoms with Gasteiger partial charge in [-0.3, -0.25) is 4.90 Å². The number of halogens is 1. The SMILES string of the molecule is CCN(Cc1cccc(F)c1)CC(C)C. The van der Waals surface area contributed by atoms with Gasteiger partial charge in [-0.25, -0.2) is 4.39 Å². The van der Waals surface area contributed by atoms with Crippen LogP contribution in [0.3, 0.4) is 0 Å². The molecule has 0 atom stereocenters. The van der Waals surface area contributed by atoms with Crippen LogP contribution in [0.5, 0.6) is 0 Å².